The predicted octanol–water partition coefficient (Wildman–Crippen LogP) is 1.77. The Hall–Kier alpha value is -2.01. The number of nitrogens with zero attached hydrogens (tertiary/aromatic N) is 1. The molecule has 5 rings (SSSR count). The molecule has 2 aliphatic carbocycles. The van der Waals surface area contributed by atoms with Crippen molar-refractivity contribution in [2.45, 2.75) is 43.4 Å². The first kappa shape index (κ1) is 11.5. The fraction of sp³-hybridized carbons (Fsp3) is 0.526. The van der Waals surface area contributed by atoms with Gasteiger partial charge in [-0.15, -0.1) is 0 Å². The second-order valence-electron chi connectivity index (χ2n) is 7.23. The van der Waals surface area contributed by atoms with Crippen molar-refractivity contribution in [3.05, 3.63) is 35.4 Å². The molecule has 0 saturated carbocycles. The number of piperidine rings is 1. The van der Waals surface area contributed by atoms with Crippen molar-refractivity contribution in [3.63, 3.8) is 0 Å². The van der Waals surface area contributed by atoms with Crippen LogP contribution in [-0.2, 0) is 21.4 Å². The number of likely N-dealkylation sites (tertiary alicyclic amines) is 1. The lowest BCUT2D eigenvalue weighted by Gasteiger charge is -2.56. The fourth-order valence-electron chi connectivity index (χ4n) is 5.33. The molecule has 1 saturated heterocycles. The van der Waals surface area contributed by atoms with Gasteiger partial charge in [-0.25, -0.2) is 0 Å². The van der Waals surface area contributed by atoms with Gasteiger partial charge in [0.2, 0.25) is 0 Å². The molecule has 0 radical (unpaired) electrons. The molecule has 1 spiro atoms. The molecule has 2 heterocycles. The largest absolute Gasteiger partial charge is 0.504 e. The number of hydrogen-bond donors (Lipinski definition) is 1. The highest BCUT2D eigenvalue weighted by molar-refractivity contribution is 5.67. The minimum absolute atomic E-state index is 0.0703. The zero-order chi connectivity index (χ0) is 19.1. The fourth-order valence-corrected chi connectivity index (χ4v) is 5.33. The van der Waals surface area contributed by atoms with Crippen LogP contribution < -0.4 is 4.74 Å². The molecular formula is C19H21NO4. The number of phenols is 1. The number of likely N-dealkylation sites (N-methyl/N-ethyl adjacent to an activating group) is 1. The van der Waals surface area contributed by atoms with Crippen LogP contribution >= 0.6 is 0 Å². The number of ether oxygens (including phenoxy) is 2. The van der Waals surface area contributed by atoms with Crippen molar-refractivity contribution < 1.29 is 23.5 Å². The minimum Gasteiger partial charge on any atom is -0.504 e. The molecule has 5 atom stereocenters. The number of rotatable bonds is 1. The molecule has 1 fully saturated rings. The third-order valence-corrected chi connectivity index (χ3v) is 6.15. The topological polar surface area (TPSA) is 59.0 Å². The van der Waals surface area contributed by atoms with Crippen molar-refractivity contribution >= 4 is 5.97 Å². The van der Waals surface area contributed by atoms with E-state index in [2.05, 4.69) is 0 Å². The normalized spacial score (nSPS) is 40.8. The zero-order valence-electron chi connectivity index (χ0n) is 16.4. The SMILES string of the molecule is [2H]C([2H])([2H])N1CC[C@]23c4c5ccc(O)c4O[C@H]2[C@@H](OC(C)=O)C=C[C@H]3[C@H]1C5. The second-order valence-corrected chi connectivity index (χ2v) is 7.23. The molecule has 24 heavy (non-hydrogen) atoms. The number of phenolic OH excluding ortho intramolecular Hbond substituents is 1. The Morgan fingerprint density at radius 2 is 2.38 bits per heavy atom. The van der Waals surface area contributed by atoms with Crippen LogP contribution in [-0.4, -0.2) is 47.7 Å². The van der Waals surface area contributed by atoms with Crippen LogP contribution in [0.3, 0.4) is 0 Å². The van der Waals surface area contributed by atoms with Gasteiger partial charge in [0.05, 0.1) is 0 Å². The highest BCUT2D eigenvalue weighted by atomic mass is 16.6. The average molecular weight is 330 g/mol. The predicted molar refractivity (Wildman–Crippen MR) is 87.1 cm³/mol. The number of esters is 1. The highest BCUT2D eigenvalue weighted by Crippen LogP contribution is 2.62. The maximum atomic E-state index is 11.6. The van der Waals surface area contributed by atoms with Crippen molar-refractivity contribution in [1.82, 2.24) is 4.90 Å². The summed E-state index contributed by atoms with van der Waals surface area (Å²) in [4.78, 5) is 13.2. The first-order valence-corrected chi connectivity index (χ1v) is 8.38. The molecular weight excluding hydrogens is 306 g/mol. The maximum Gasteiger partial charge on any atom is 0.303 e. The van der Waals surface area contributed by atoms with Gasteiger partial charge in [-0.2, -0.15) is 0 Å². The summed E-state index contributed by atoms with van der Waals surface area (Å²) in [5.74, 6) is 0.0773. The number of benzene rings is 1. The highest BCUT2D eigenvalue weighted by Gasteiger charge is 2.64. The van der Waals surface area contributed by atoms with E-state index in [1.807, 2.05) is 18.2 Å². The number of aromatic hydroxyl groups is 1. The van der Waals surface area contributed by atoms with Gasteiger partial charge in [-0.05, 0) is 44.1 Å². The van der Waals surface area contributed by atoms with Crippen LogP contribution in [0, 0.1) is 5.92 Å². The molecule has 0 amide bonds. The average Bonchev–Trinajstić information content (AvgIpc) is 2.91. The minimum atomic E-state index is -2.17. The molecule has 5 nitrogen and oxygen atoms in total. The van der Waals surface area contributed by atoms with Crippen LogP contribution in [0.2, 0.25) is 0 Å². The Balaban J connectivity index is 1.71. The van der Waals surface area contributed by atoms with Crippen LogP contribution in [0.1, 0.15) is 28.6 Å². The number of carbonyl (C=O) groups excluding carboxylic acids is 1. The summed E-state index contributed by atoms with van der Waals surface area (Å²) in [5, 5.41) is 10.4. The third-order valence-electron chi connectivity index (χ3n) is 6.15. The van der Waals surface area contributed by atoms with E-state index in [-0.39, 0.29) is 17.7 Å². The first-order valence-electron chi connectivity index (χ1n) is 9.88. The Morgan fingerprint density at radius 1 is 1.50 bits per heavy atom. The van der Waals surface area contributed by atoms with Gasteiger partial charge in [0.1, 0.15) is 6.10 Å². The van der Waals surface area contributed by atoms with Crippen molar-refractivity contribution in [3.8, 4) is 11.5 Å². The molecule has 0 aromatic heterocycles. The van der Waals surface area contributed by atoms with Crippen LogP contribution in [0.4, 0.5) is 0 Å². The molecule has 0 unspecified atom stereocenters. The molecule has 2 bridgehead atoms. The van der Waals surface area contributed by atoms with E-state index in [1.54, 1.807) is 11.0 Å². The van der Waals surface area contributed by atoms with Crippen LogP contribution in [0.15, 0.2) is 24.3 Å². The van der Waals surface area contributed by atoms with Crippen molar-refractivity contribution in [2.24, 2.45) is 5.92 Å². The Morgan fingerprint density at radius 3 is 3.17 bits per heavy atom. The lowest BCUT2D eigenvalue weighted by atomic mass is 9.53. The molecule has 126 valence electrons. The smallest absolute Gasteiger partial charge is 0.303 e. The van der Waals surface area contributed by atoms with Gasteiger partial charge in [-0.1, -0.05) is 12.1 Å². The molecule has 1 aromatic carbocycles. The van der Waals surface area contributed by atoms with E-state index < -0.39 is 30.6 Å². The Labute approximate surface area is 145 Å². The van der Waals surface area contributed by atoms with E-state index in [0.29, 0.717) is 25.1 Å². The number of carbonyl (C=O) groups is 1. The third kappa shape index (κ3) is 1.56. The zero-order valence-corrected chi connectivity index (χ0v) is 13.4. The summed E-state index contributed by atoms with van der Waals surface area (Å²) >= 11 is 0. The van der Waals surface area contributed by atoms with Gasteiger partial charge >= 0.3 is 5.97 Å². The van der Waals surface area contributed by atoms with E-state index in [0.717, 1.165) is 11.1 Å². The molecule has 4 aliphatic rings. The lowest BCUT2D eigenvalue weighted by molar-refractivity contribution is -0.152. The Bertz CT molecular complexity index is 867. The standard InChI is InChI=1S/C19H21NO4/c1-10(21)23-15-6-4-12-13-9-11-3-5-14(22)17-16(11)19(12,18(15)24-17)7-8-20(13)2/h3-6,12-13,15,18,22H,7-9H2,1-2H3/t12-,13+,15-,18-,19-/m0/s1/i2D3. The second kappa shape index (κ2) is 4.54. The molecule has 2 aliphatic heterocycles. The molecule has 1 N–H and O–H groups in total. The quantitative estimate of drug-likeness (QED) is 0.628. The van der Waals surface area contributed by atoms with Gasteiger partial charge in [-0.3, -0.25) is 4.79 Å². The summed E-state index contributed by atoms with van der Waals surface area (Å²) in [6, 6.07) is 3.29. The van der Waals surface area contributed by atoms with E-state index in [1.165, 1.54) is 6.92 Å². The first-order chi connectivity index (χ1) is 12.7. The summed E-state index contributed by atoms with van der Waals surface area (Å²) in [5.41, 5.74) is 1.50. The van der Waals surface area contributed by atoms with Gasteiger partial charge < -0.3 is 19.5 Å². The van der Waals surface area contributed by atoms with Crippen LogP contribution in [0.5, 0.6) is 11.5 Å². The number of hydrogen-bond acceptors (Lipinski definition) is 5. The van der Waals surface area contributed by atoms with E-state index in [9.17, 15) is 9.90 Å². The van der Waals surface area contributed by atoms with Gasteiger partial charge in [0.15, 0.2) is 17.6 Å². The monoisotopic (exact) mass is 330 g/mol. The van der Waals surface area contributed by atoms with Gasteiger partial charge in [0, 0.05) is 34.0 Å². The molecule has 1 aromatic rings. The molecule has 5 heteroatoms. The maximum absolute atomic E-state index is 11.6. The van der Waals surface area contributed by atoms with E-state index in [4.69, 9.17) is 13.6 Å². The van der Waals surface area contributed by atoms with E-state index >= 15 is 0 Å². The van der Waals surface area contributed by atoms with Crippen molar-refractivity contribution in [1.29, 1.82) is 0 Å². The Kier molecular flexibility index (Phi) is 2.18. The van der Waals surface area contributed by atoms with Crippen molar-refractivity contribution in [2.75, 3.05) is 13.5 Å². The summed E-state index contributed by atoms with van der Waals surface area (Å²) in [6.45, 7) is -0.394. The van der Waals surface area contributed by atoms with Crippen LogP contribution in [0.25, 0.3) is 0 Å². The lowest BCUT2D eigenvalue weighted by Crippen LogP contribution is -2.65. The summed E-state index contributed by atoms with van der Waals surface area (Å²) < 4.78 is 35.6. The summed E-state index contributed by atoms with van der Waals surface area (Å²) in [6.07, 6.45) is 3.96. The summed E-state index contributed by atoms with van der Waals surface area (Å²) in [7, 11) is 0. The van der Waals surface area contributed by atoms with Gasteiger partial charge in [0.25, 0.3) is 0 Å².